The van der Waals surface area contributed by atoms with E-state index in [1.54, 1.807) is 9.80 Å². The Morgan fingerprint density at radius 3 is 2.35 bits per heavy atom. The first-order chi connectivity index (χ1) is 12.6. The van der Waals surface area contributed by atoms with Crippen molar-refractivity contribution in [3.8, 4) is 0 Å². The summed E-state index contributed by atoms with van der Waals surface area (Å²) in [6, 6.07) is 1.98. The van der Waals surface area contributed by atoms with Crippen LogP contribution in [0.15, 0.2) is 6.07 Å². The first-order valence-electron chi connectivity index (χ1n) is 9.07. The van der Waals surface area contributed by atoms with E-state index in [-0.39, 0.29) is 6.09 Å². The highest BCUT2D eigenvalue weighted by molar-refractivity contribution is 5.68. The summed E-state index contributed by atoms with van der Waals surface area (Å²) >= 11 is 0. The Kier molecular flexibility index (Phi) is 5.75. The molecule has 2 amide bonds. The van der Waals surface area contributed by atoms with Crippen LogP contribution in [-0.4, -0.2) is 91.2 Å². The van der Waals surface area contributed by atoms with E-state index in [0.29, 0.717) is 51.8 Å². The molecule has 2 aliphatic heterocycles. The average molecular weight is 362 g/mol. The third-order valence-corrected chi connectivity index (χ3v) is 4.70. The number of carbonyl (C=O) groups is 2. The Morgan fingerprint density at radius 2 is 1.73 bits per heavy atom. The van der Waals surface area contributed by atoms with Crippen LogP contribution in [0.2, 0.25) is 0 Å². The smallest absolute Gasteiger partial charge is 0.409 e. The van der Waals surface area contributed by atoms with Crippen molar-refractivity contribution < 1.29 is 14.3 Å². The van der Waals surface area contributed by atoms with Crippen LogP contribution in [0.25, 0.3) is 0 Å². The van der Waals surface area contributed by atoms with Gasteiger partial charge in [0.15, 0.2) is 0 Å². The van der Waals surface area contributed by atoms with Crippen LogP contribution in [-0.2, 0) is 9.53 Å². The molecule has 0 unspecified atom stereocenters. The molecule has 1 aromatic rings. The van der Waals surface area contributed by atoms with Crippen molar-refractivity contribution in [1.29, 1.82) is 0 Å². The fourth-order valence-corrected chi connectivity index (χ4v) is 3.20. The number of hydrogen-bond acceptors (Lipinski definition) is 7. The van der Waals surface area contributed by atoms with Crippen LogP contribution >= 0.6 is 0 Å². The highest BCUT2D eigenvalue weighted by Crippen LogP contribution is 2.20. The lowest BCUT2D eigenvalue weighted by molar-refractivity contribution is -0.118. The molecule has 0 aliphatic carbocycles. The number of ether oxygens (including phenoxy) is 1. The molecule has 3 heterocycles. The second-order valence-corrected chi connectivity index (χ2v) is 6.47. The summed E-state index contributed by atoms with van der Waals surface area (Å²) in [5.41, 5.74) is 0.913. The minimum absolute atomic E-state index is 0.258. The Morgan fingerprint density at radius 1 is 1.08 bits per heavy atom. The highest BCUT2D eigenvalue weighted by Gasteiger charge is 2.25. The fraction of sp³-hybridized carbons (Fsp3) is 0.647. The lowest BCUT2D eigenvalue weighted by Crippen LogP contribution is -2.49. The number of piperazine rings is 2. The second-order valence-electron chi connectivity index (χ2n) is 6.47. The summed E-state index contributed by atoms with van der Waals surface area (Å²) < 4.78 is 5.06. The molecule has 3 rings (SSSR count). The molecule has 142 valence electrons. The quantitative estimate of drug-likeness (QED) is 0.715. The molecule has 0 aromatic carbocycles. The zero-order valence-corrected chi connectivity index (χ0v) is 15.4. The lowest BCUT2D eigenvalue weighted by atomic mass is 10.3. The van der Waals surface area contributed by atoms with Crippen molar-refractivity contribution >= 4 is 24.3 Å². The zero-order valence-electron chi connectivity index (χ0n) is 15.4. The molecule has 0 N–H and O–H groups in total. The standard InChI is InChI=1S/C17H26N6O3/c1-3-26-17(25)23-10-8-22(9-11-23)16-18-14(2)12-15(19-16)21-6-4-20(13-24)5-7-21/h12-13H,3-11H2,1-2H3. The predicted octanol–water partition coefficient (Wildman–Crippen LogP) is 0.342. The molecule has 2 saturated heterocycles. The van der Waals surface area contributed by atoms with Crippen molar-refractivity contribution in [3.63, 3.8) is 0 Å². The van der Waals surface area contributed by atoms with E-state index in [9.17, 15) is 9.59 Å². The van der Waals surface area contributed by atoms with Gasteiger partial charge in [0.1, 0.15) is 5.82 Å². The van der Waals surface area contributed by atoms with Crippen LogP contribution in [0.4, 0.5) is 16.6 Å². The van der Waals surface area contributed by atoms with E-state index < -0.39 is 0 Å². The Hall–Kier alpha value is -2.58. The first kappa shape index (κ1) is 18.2. The molecule has 2 aliphatic rings. The number of aryl methyl sites for hydroxylation is 1. The molecule has 9 heteroatoms. The summed E-state index contributed by atoms with van der Waals surface area (Å²) in [6.45, 7) is 9.68. The summed E-state index contributed by atoms with van der Waals surface area (Å²) in [4.78, 5) is 39.8. The van der Waals surface area contributed by atoms with Gasteiger partial charge in [-0.1, -0.05) is 0 Å². The Labute approximate surface area is 153 Å². The Bertz CT molecular complexity index is 639. The van der Waals surface area contributed by atoms with E-state index >= 15 is 0 Å². The normalized spacial score (nSPS) is 18.1. The molecule has 0 atom stereocenters. The minimum Gasteiger partial charge on any atom is -0.450 e. The van der Waals surface area contributed by atoms with Crippen molar-refractivity contribution in [2.24, 2.45) is 0 Å². The highest BCUT2D eigenvalue weighted by atomic mass is 16.6. The number of nitrogens with zero attached hydrogens (tertiary/aromatic N) is 6. The maximum Gasteiger partial charge on any atom is 0.409 e. The van der Waals surface area contributed by atoms with Crippen molar-refractivity contribution in [2.45, 2.75) is 13.8 Å². The molecule has 1 aromatic heterocycles. The Balaban J connectivity index is 1.65. The van der Waals surface area contributed by atoms with Crippen molar-refractivity contribution in [2.75, 3.05) is 68.8 Å². The maximum atomic E-state index is 11.8. The number of aromatic nitrogens is 2. The summed E-state index contributed by atoms with van der Waals surface area (Å²) in [6.07, 6.45) is 0.642. The van der Waals surface area contributed by atoms with Gasteiger partial charge in [0.05, 0.1) is 6.61 Å². The molecule has 0 radical (unpaired) electrons. The van der Waals surface area contributed by atoms with Gasteiger partial charge in [-0.3, -0.25) is 4.79 Å². The topological polar surface area (TPSA) is 82.1 Å². The van der Waals surface area contributed by atoms with Gasteiger partial charge < -0.3 is 24.3 Å². The average Bonchev–Trinajstić information content (AvgIpc) is 2.68. The largest absolute Gasteiger partial charge is 0.450 e. The van der Waals surface area contributed by atoms with Crippen LogP contribution in [0.5, 0.6) is 0 Å². The first-order valence-corrected chi connectivity index (χ1v) is 9.07. The molecular formula is C17H26N6O3. The van der Waals surface area contributed by atoms with Crippen molar-refractivity contribution in [1.82, 2.24) is 19.8 Å². The van der Waals surface area contributed by atoms with Gasteiger partial charge in [-0.2, -0.15) is 4.98 Å². The summed E-state index contributed by atoms with van der Waals surface area (Å²) in [7, 11) is 0. The van der Waals surface area contributed by atoms with Gasteiger partial charge >= 0.3 is 6.09 Å². The number of hydrogen-bond donors (Lipinski definition) is 0. The predicted molar refractivity (Wildman–Crippen MR) is 97.4 cm³/mol. The minimum atomic E-state index is -0.258. The third-order valence-electron chi connectivity index (χ3n) is 4.70. The zero-order chi connectivity index (χ0) is 18.5. The molecule has 2 fully saturated rings. The van der Waals surface area contributed by atoms with Crippen LogP contribution in [0.3, 0.4) is 0 Å². The van der Waals surface area contributed by atoms with Gasteiger partial charge in [-0.15, -0.1) is 0 Å². The monoisotopic (exact) mass is 362 g/mol. The van der Waals surface area contributed by atoms with Crippen LogP contribution in [0.1, 0.15) is 12.6 Å². The summed E-state index contributed by atoms with van der Waals surface area (Å²) in [5.74, 6) is 1.59. The molecule has 0 saturated carbocycles. The number of rotatable bonds is 4. The van der Waals surface area contributed by atoms with Gasteiger partial charge in [-0.05, 0) is 13.8 Å². The second kappa shape index (κ2) is 8.20. The maximum absolute atomic E-state index is 11.8. The molecule has 9 nitrogen and oxygen atoms in total. The molecule has 26 heavy (non-hydrogen) atoms. The van der Waals surface area contributed by atoms with Crippen molar-refractivity contribution in [3.05, 3.63) is 11.8 Å². The van der Waals surface area contributed by atoms with Gasteiger partial charge in [0.2, 0.25) is 12.4 Å². The summed E-state index contributed by atoms with van der Waals surface area (Å²) in [5, 5.41) is 0. The SMILES string of the molecule is CCOC(=O)N1CCN(c2nc(C)cc(N3CCN(C=O)CC3)n2)CC1. The van der Waals surface area contributed by atoms with Crippen LogP contribution < -0.4 is 9.80 Å². The fourth-order valence-electron chi connectivity index (χ4n) is 3.20. The number of carbonyl (C=O) groups excluding carboxylic acids is 2. The number of anilines is 2. The van der Waals surface area contributed by atoms with E-state index in [4.69, 9.17) is 9.72 Å². The molecule has 0 spiro atoms. The number of amides is 2. The van der Waals surface area contributed by atoms with Gasteiger partial charge in [0, 0.05) is 64.1 Å². The van der Waals surface area contributed by atoms with Crippen LogP contribution in [0, 0.1) is 6.92 Å². The third kappa shape index (κ3) is 4.14. The molecule has 0 bridgehead atoms. The van der Waals surface area contributed by atoms with Gasteiger partial charge in [-0.25, -0.2) is 9.78 Å². The lowest BCUT2D eigenvalue weighted by Gasteiger charge is -2.36. The van der Waals surface area contributed by atoms with E-state index in [0.717, 1.165) is 31.0 Å². The van der Waals surface area contributed by atoms with E-state index in [1.165, 1.54) is 0 Å². The van der Waals surface area contributed by atoms with Gasteiger partial charge in [0.25, 0.3) is 0 Å². The molecular weight excluding hydrogens is 336 g/mol. The van der Waals surface area contributed by atoms with E-state index in [1.807, 2.05) is 19.9 Å². The van der Waals surface area contributed by atoms with E-state index in [2.05, 4.69) is 14.8 Å².